The van der Waals surface area contributed by atoms with Crippen molar-refractivity contribution in [2.75, 3.05) is 38.7 Å². The molecule has 1 amide bonds. The van der Waals surface area contributed by atoms with E-state index in [2.05, 4.69) is 38.5 Å². The molecule has 0 bridgehead atoms. The third kappa shape index (κ3) is 6.96. The summed E-state index contributed by atoms with van der Waals surface area (Å²) in [5.41, 5.74) is 10.5. The summed E-state index contributed by atoms with van der Waals surface area (Å²) < 4.78 is 23.0. The molecule has 0 radical (unpaired) electrons. The SMILES string of the molecule is COCCN1CCc2ccc([AsH]c3ncc(Cl)c(Nc4c(CF)cc(-c5cnn(C)c5)cc4C(N)=O)n3)cc2CC1. The number of aromatic nitrogens is 4. The average Bonchev–Trinajstić information content (AvgIpc) is 3.30. The molecule has 1 aliphatic rings. The number of aryl methyl sites for hydroxylation is 1. The van der Waals surface area contributed by atoms with Crippen molar-refractivity contribution in [2.24, 2.45) is 12.8 Å². The van der Waals surface area contributed by atoms with Gasteiger partial charge in [0, 0.05) is 0 Å². The minimum atomic E-state index is -0.885. The molecule has 3 N–H and O–H groups in total. The predicted molar refractivity (Wildman–Crippen MR) is 161 cm³/mol. The second kappa shape index (κ2) is 13.1. The van der Waals surface area contributed by atoms with Gasteiger partial charge in [0.15, 0.2) is 0 Å². The fourth-order valence-electron chi connectivity index (χ4n) is 4.94. The van der Waals surface area contributed by atoms with Gasteiger partial charge < -0.3 is 0 Å². The van der Waals surface area contributed by atoms with E-state index in [4.69, 9.17) is 27.1 Å². The van der Waals surface area contributed by atoms with Crippen LogP contribution < -0.4 is 20.0 Å². The van der Waals surface area contributed by atoms with Gasteiger partial charge in [-0.2, -0.15) is 0 Å². The number of alkyl halides is 1. The van der Waals surface area contributed by atoms with Gasteiger partial charge >= 0.3 is 251 Å². The van der Waals surface area contributed by atoms with Crippen LogP contribution in [0.5, 0.6) is 0 Å². The maximum atomic E-state index is 14.3. The van der Waals surface area contributed by atoms with Gasteiger partial charge in [0.05, 0.1) is 0 Å². The number of benzene rings is 2. The molecule has 2 aromatic heterocycles. The zero-order valence-corrected chi connectivity index (χ0v) is 25.8. The van der Waals surface area contributed by atoms with Crippen LogP contribution in [-0.2, 0) is 31.3 Å². The summed E-state index contributed by atoms with van der Waals surface area (Å²) in [6.45, 7) is 2.88. The van der Waals surface area contributed by atoms with E-state index in [0.717, 1.165) is 44.6 Å². The quantitative estimate of drug-likeness (QED) is 0.256. The van der Waals surface area contributed by atoms with Gasteiger partial charge in [0.2, 0.25) is 0 Å². The number of nitrogens with zero attached hydrogens (tertiary/aromatic N) is 5. The van der Waals surface area contributed by atoms with Crippen molar-refractivity contribution < 1.29 is 13.9 Å². The van der Waals surface area contributed by atoms with E-state index in [1.165, 1.54) is 21.7 Å². The van der Waals surface area contributed by atoms with Gasteiger partial charge in [-0.1, -0.05) is 0 Å². The van der Waals surface area contributed by atoms with Gasteiger partial charge in [-0.25, -0.2) is 0 Å². The summed E-state index contributed by atoms with van der Waals surface area (Å²) in [7, 11) is 3.52. The summed E-state index contributed by atoms with van der Waals surface area (Å²) in [5.74, 6) is -0.396. The number of ether oxygens (including phenoxy) is 1. The molecule has 214 valence electrons. The second-order valence-electron chi connectivity index (χ2n) is 9.92. The summed E-state index contributed by atoms with van der Waals surface area (Å²) in [5, 5.41) is 7.51. The first kappa shape index (κ1) is 29.2. The molecule has 4 aromatic rings. The number of anilines is 2. The number of rotatable bonds is 10. The number of primary amides is 1. The number of amides is 1. The first-order chi connectivity index (χ1) is 19.8. The summed E-state index contributed by atoms with van der Waals surface area (Å²) >= 11 is 5.58. The summed E-state index contributed by atoms with van der Waals surface area (Å²) in [6, 6.07) is 9.96. The molecule has 12 heteroatoms. The first-order valence-corrected chi connectivity index (χ1v) is 15.7. The molecule has 9 nitrogen and oxygen atoms in total. The molecule has 0 aliphatic carbocycles. The van der Waals surface area contributed by atoms with Gasteiger partial charge in [0.1, 0.15) is 0 Å². The Bertz CT molecular complexity index is 1560. The van der Waals surface area contributed by atoms with Crippen LogP contribution >= 0.6 is 11.6 Å². The Balaban J connectivity index is 1.39. The number of hydrogen-bond acceptors (Lipinski definition) is 7. The van der Waals surface area contributed by atoms with Crippen LogP contribution in [0.25, 0.3) is 11.1 Å². The van der Waals surface area contributed by atoms with Gasteiger partial charge in [-0.15, -0.1) is 0 Å². The fourth-order valence-corrected chi connectivity index (χ4v) is 7.11. The third-order valence-electron chi connectivity index (χ3n) is 7.12. The molecule has 1 aliphatic heterocycles. The Labute approximate surface area is 249 Å². The number of halogens is 2. The van der Waals surface area contributed by atoms with Crippen LogP contribution in [0.2, 0.25) is 5.02 Å². The van der Waals surface area contributed by atoms with E-state index in [-0.39, 0.29) is 21.8 Å². The molecule has 0 spiro atoms. The topological polar surface area (TPSA) is 111 Å². The fraction of sp³-hybridized carbons (Fsp3) is 0.310. The Morgan fingerprint density at radius 1 is 1.17 bits per heavy atom. The van der Waals surface area contributed by atoms with Crippen LogP contribution in [0.15, 0.2) is 48.9 Å². The normalized spacial score (nSPS) is 13.9. The Hall–Kier alpha value is -3.30. The molecule has 2 aromatic carbocycles. The molecule has 0 saturated heterocycles. The average molecular weight is 640 g/mol. The number of fused-ring (bicyclic) bond motifs is 1. The number of nitrogens with two attached hydrogens (primary N) is 1. The standard InChI is InChI=1S/C29H32AsClFN7O2/c1-38-17-22(15-35-38)20-11-21(14-32)26(24(13-20)27(33)40)36-28-25(31)16-34-29(37-28)30-23-4-3-18-5-7-39(9-10-41-2)8-6-19(18)12-23/h3-4,11-13,15-17,30H,5-10,14H2,1-2H3,(H2,33,40)(H,34,36,37). The number of carbonyl (C=O) groups excluding carboxylic acids is 1. The Kier molecular flexibility index (Phi) is 9.35. The van der Waals surface area contributed by atoms with E-state index in [1.54, 1.807) is 43.4 Å². The van der Waals surface area contributed by atoms with E-state index < -0.39 is 28.3 Å². The van der Waals surface area contributed by atoms with Crippen molar-refractivity contribution in [3.05, 3.63) is 76.2 Å². The van der Waals surface area contributed by atoms with Crippen molar-refractivity contribution in [1.82, 2.24) is 24.6 Å². The molecule has 1 unspecified atom stereocenters. The predicted octanol–water partition coefficient (Wildman–Crippen LogP) is 2.28. The first-order valence-electron chi connectivity index (χ1n) is 13.3. The monoisotopic (exact) mass is 639 g/mol. The van der Waals surface area contributed by atoms with Crippen LogP contribution in [0, 0.1) is 0 Å². The van der Waals surface area contributed by atoms with Crippen molar-refractivity contribution in [2.45, 2.75) is 19.5 Å². The van der Waals surface area contributed by atoms with Gasteiger partial charge in [-0.05, 0) is 0 Å². The minimum absolute atomic E-state index is 0.136. The maximum absolute atomic E-state index is 14.3. The van der Waals surface area contributed by atoms with Crippen LogP contribution in [0.1, 0.15) is 27.0 Å². The molecule has 1 atom stereocenters. The number of hydrogen-bond donors (Lipinski definition) is 2. The Morgan fingerprint density at radius 2 is 1.98 bits per heavy atom. The zero-order chi connectivity index (χ0) is 28.9. The molecular weight excluding hydrogens is 608 g/mol. The van der Waals surface area contributed by atoms with Crippen molar-refractivity contribution in [3.8, 4) is 11.1 Å². The van der Waals surface area contributed by atoms with Crippen LogP contribution in [-0.4, -0.2) is 79.7 Å². The van der Waals surface area contributed by atoms with Crippen molar-refractivity contribution >= 4 is 53.7 Å². The molecule has 5 rings (SSSR count). The van der Waals surface area contributed by atoms with E-state index in [1.807, 2.05) is 0 Å². The molecule has 0 saturated carbocycles. The number of nitrogens with one attached hydrogen (secondary N) is 1. The number of carbonyl (C=O) groups is 1. The molecular formula is C29H32AsClFN7O2. The van der Waals surface area contributed by atoms with Gasteiger partial charge in [-0.3, -0.25) is 0 Å². The van der Waals surface area contributed by atoms with E-state index in [9.17, 15) is 9.18 Å². The zero-order valence-electron chi connectivity index (χ0n) is 23.0. The molecule has 41 heavy (non-hydrogen) atoms. The third-order valence-corrected chi connectivity index (χ3v) is 9.63. The summed E-state index contributed by atoms with van der Waals surface area (Å²) in [6.07, 6.45) is 6.98. The number of methoxy groups -OCH3 is 1. The second-order valence-corrected chi connectivity index (χ2v) is 13.0. The molecule has 0 fully saturated rings. The van der Waals surface area contributed by atoms with Crippen molar-refractivity contribution in [1.29, 1.82) is 0 Å². The van der Waals surface area contributed by atoms with E-state index in [0.29, 0.717) is 16.0 Å². The van der Waals surface area contributed by atoms with Crippen LogP contribution in [0.4, 0.5) is 15.9 Å². The Morgan fingerprint density at radius 3 is 2.68 bits per heavy atom. The van der Waals surface area contributed by atoms with Crippen LogP contribution in [0.3, 0.4) is 0 Å². The van der Waals surface area contributed by atoms with E-state index >= 15 is 0 Å². The molecule has 3 heterocycles. The van der Waals surface area contributed by atoms with Gasteiger partial charge in [0.25, 0.3) is 0 Å². The summed E-state index contributed by atoms with van der Waals surface area (Å²) in [4.78, 5) is 24.1. The van der Waals surface area contributed by atoms with Crippen molar-refractivity contribution in [3.63, 3.8) is 0 Å².